The molecule has 0 aliphatic heterocycles. The van der Waals surface area contributed by atoms with Crippen LogP contribution in [-0.2, 0) is 0 Å². The third kappa shape index (κ3) is 2.36. The normalized spacial score (nSPS) is 18.2. The van der Waals surface area contributed by atoms with Gasteiger partial charge in [0.05, 0.1) is 11.1 Å². The van der Waals surface area contributed by atoms with Crippen LogP contribution < -0.4 is 11.1 Å². The SMILES string of the molecule is CC(CN)(Nc1nccc(C#N)c1Cl)C1CC1. The van der Waals surface area contributed by atoms with Crippen LogP contribution in [0.4, 0.5) is 5.82 Å². The molecule has 3 N–H and O–H groups in total. The second kappa shape index (κ2) is 4.52. The molecular weight excluding hydrogens is 236 g/mol. The van der Waals surface area contributed by atoms with Gasteiger partial charge in [-0.1, -0.05) is 11.6 Å². The number of hydrogen-bond donors (Lipinski definition) is 2. The van der Waals surface area contributed by atoms with E-state index < -0.39 is 0 Å². The highest BCUT2D eigenvalue weighted by Gasteiger charge is 2.41. The quantitative estimate of drug-likeness (QED) is 0.859. The minimum atomic E-state index is -0.190. The monoisotopic (exact) mass is 250 g/mol. The molecule has 1 fully saturated rings. The van der Waals surface area contributed by atoms with Crippen molar-refractivity contribution in [2.24, 2.45) is 11.7 Å². The van der Waals surface area contributed by atoms with Gasteiger partial charge in [-0.15, -0.1) is 0 Å². The molecule has 1 aliphatic carbocycles. The number of anilines is 1. The Balaban J connectivity index is 2.26. The maximum absolute atomic E-state index is 8.91. The molecule has 90 valence electrons. The van der Waals surface area contributed by atoms with Crippen LogP contribution in [0.5, 0.6) is 0 Å². The zero-order valence-corrected chi connectivity index (χ0v) is 10.5. The van der Waals surface area contributed by atoms with Crippen molar-refractivity contribution in [1.29, 1.82) is 5.26 Å². The van der Waals surface area contributed by atoms with Gasteiger partial charge in [-0.3, -0.25) is 0 Å². The van der Waals surface area contributed by atoms with Gasteiger partial charge in [0.1, 0.15) is 16.9 Å². The Labute approximate surface area is 106 Å². The van der Waals surface area contributed by atoms with Gasteiger partial charge < -0.3 is 11.1 Å². The van der Waals surface area contributed by atoms with Gasteiger partial charge >= 0.3 is 0 Å². The van der Waals surface area contributed by atoms with Crippen LogP contribution in [0.25, 0.3) is 0 Å². The van der Waals surface area contributed by atoms with E-state index in [1.165, 1.54) is 12.8 Å². The summed E-state index contributed by atoms with van der Waals surface area (Å²) in [5, 5.41) is 12.6. The summed E-state index contributed by atoms with van der Waals surface area (Å²) >= 11 is 6.11. The lowest BCUT2D eigenvalue weighted by molar-refractivity contribution is 0.458. The number of pyridine rings is 1. The molecule has 17 heavy (non-hydrogen) atoms. The van der Waals surface area contributed by atoms with Gasteiger partial charge in [-0.2, -0.15) is 5.26 Å². The Morgan fingerprint density at radius 3 is 2.94 bits per heavy atom. The van der Waals surface area contributed by atoms with Gasteiger partial charge in [0.2, 0.25) is 0 Å². The average molecular weight is 251 g/mol. The topological polar surface area (TPSA) is 74.7 Å². The van der Waals surface area contributed by atoms with E-state index in [4.69, 9.17) is 22.6 Å². The number of nitriles is 1. The number of halogens is 1. The van der Waals surface area contributed by atoms with Crippen molar-refractivity contribution in [2.75, 3.05) is 11.9 Å². The zero-order valence-electron chi connectivity index (χ0n) is 9.70. The maximum Gasteiger partial charge on any atom is 0.146 e. The van der Waals surface area contributed by atoms with Crippen LogP contribution in [0.3, 0.4) is 0 Å². The van der Waals surface area contributed by atoms with Crippen LogP contribution in [-0.4, -0.2) is 17.1 Å². The van der Waals surface area contributed by atoms with E-state index >= 15 is 0 Å². The summed E-state index contributed by atoms with van der Waals surface area (Å²) in [6.45, 7) is 2.59. The molecule has 0 amide bonds. The van der Waals surface area contributed by atoms with Crippen LogP contribution >= 0.6 is 11.6 Å². The molecule has 1 heterocycles. The third-order valence-corrected chi connectivity index (χ3v) is 3.70. The fourth-order valence-corrected chi connectivity index (χ4v) is 2.13. The van der Waals surface area contributed by atoms with Crippen molar-refractivity contribution < 1.29 is 0 Å². The minimum Gasteiger partial charge on any atom is -0.362 e. The molecule has 0 saturated heterocycles. The molecule has 4 nitrogen and oxygen atoms in total. The Hall–Kier alpha value is -1.31. The number of aromatic nitrogens is 1. The van der Waals surface area contributed by atoms with Gasteiger partial charge in [0, 0.05) is 12.7 Å². The summed E-state index contributed by atoms with van der Waals surface area (Å²) in [6.07, 6.45) is 3.93. The maximum atomic E-state index is 8.91. The molecule has 0 spiro atoms. The number of nitrogens with two attached hydrogens (primary N) is 1. The molecule has 1 atom stereocenters. The van der Waals surface area contributed by atoms with Crippen molar-refractivity contribution in [3.8, 4) is 6.07 Å². The Morgan fingerprint density at radius 2 is 2.41 bits per heavy atom. The van der Waals surface area contributed by atoms with E-state index in [1.54, 1.807) is 12.3 Å². The van der Waals surface area contributed by atoms with Crippen LogP contribution in [0, 0.1) is 17.2 Å². The molecule has 1 saturated carbocycles. The van der Waals surface area contributed by atoms with Crippen molar-refractivity contribution in [2.45, 2.75) is 25.3 Å². The molecule has 1 aromatic heterocycles. The number of rotatable bonds is 4. The van der Waals surface area contributed by atoms with Crippen LogP contribution in [0.15, 0.2) is 12.3 Å². The highest BCUT2D eigenvalue weighted by atomic mass is 35.5. The van der Waals surface area contributed by atoms with E-state index in [2.05, 4.69) is 17.2 Å². The van der Waals surface area contributed by atoms with Crippen molar-refractivity contribution in [1.82, 2.24) is 4.98 Å². The first-order chi connectivity index (χ1) is 8.10. The molecule has 1 unspecified atom stereocenters. The highest BCUT2D eigenvalue weighted by molar-refractivity contribution is 6.34. The first-order valence-corrected chi connectivity index (χ1v) is 6.01. The molecule has 5 heteroatoms. The molecule has 0 radical (unpaired) electrons. The molecule has 1 aromatic rings. The number of nitrogens with zero attached hydrogens (tertiary/aromatic N) is 2. The van der Waals surface area contributed by atoms with E-state index in [9.17, 15) is 0 Å². The van der Waals surface area contributed by atoms with E-state index in [0.29, 0.717) is 28.9 Å². The minimum absolute atomic E-state index is 0.190. The summed E-state index contributed by atoms with van der Waals surface area (Å²) in [5.41, 5.74) is 6.06. The van der Waals surface area contributed by atoms with Gasteiger partial charge in [-0.05, 0) is 31.7 Å². The predicted octanol–water partition coefficient (Wildman–Crippen LogP) is 2.15. The first-order valence-electron chi connectivity index (χ1n) is 5.63. The first kappa shape index (κ1) is 12.2. The second-order valence-corrected chi connectivity index (χ2v) is 5.03. The Bertz CT molecular complexity index is 464. The Morgan fingerprint density at radius 1 is 1.71 bits per heavy atom. The molecular formula is C12H15ClN4. The largest absolute Gasteiger partial charge is 0.362 e. The van der Waals surface area contributed by atoms with Crippen molar-refractivity contribution in [3.05, 3.63) is 22.8 Å². The molecule has 2 rings (SSSR count). The van der Waals surface area contributed by atoms with Crippen molar-refractivity contribution in [3.63, 3.8) is 0 Å². The van der Waals surface area contributed by atoms with Gasteiger partial charge in [0.15, 0.2) is 0 Å². The van der Waals surface area contributed by atoms with Crippen molar-refractivity contribution >= 4 is 17.4 Å². The summed E-state index contributed by atoms with van der Waals surface area (Å²) in [5.74, 6) is 1.11. The van der Waals surface area contributed by atoms with Crippen LogP contribution in [0.1, 0.15) is 25.3 Å². The molecule has 1 aliphatic rings. The zero-order chi connectivity index (χ0) is 12.5. The third-order valence-electron chi connectivity index (χ3n) is 3.32. The predicted molar refractivity (Wildman–Crippen MR) is 67.8 cm³/mol. The number of nitrogens with one attached hydrogen (secondary N) is 1. The summed E-state index contributed by atoms with van der Waals surface area (Å²) in [6, 6.07) is 3.64. The molecule has 0 bridgehead atoms. The second-order valence-electron chi connectivity index (χ2n) is 4.65. The van der Waals surface area contributed by atoms with Gasteiger partial charge in [0.25, 0.3) is 0 Å². The standard InChI is InChI=1S/C12H15ClN4/c1-12(7-15,9-2-3-9)17-11-10(13)8(6-14)4-5-16-11/h4-5,9H,2-3,7,15H2,1H3,(H,16,17). The summed E-state index contributed by atoms with van der Waals surface area (Å²) in [7, 11) is 0. The average Bonchev–Trinajstić information content (AvgIpc) is 3.16. The van der Waals surface area contributed by atoms with Gasteiger partial charge in [-0.25, -0.2) is 4.98 Å². The Kier molecular flexibility index (Phi) is 3.23. The van der Waals surface area contributed by atoms with E-state index in [-0.39, 0.29) is 5.54 Å². The summed E-state index contributed by atoms with van der Waals surface area (Å²) in [4.78, 5) is 4.18. The van der Waals surface area contributed by atoms with Crippen LogP contribution in [0.2, 0.25) is 5.02 Å². The fraction of sp³-hybridized carbons (Fsp3) is 0.500. The highest BCUT2D eigenvalue weighted by Crippen LogP contribution is 2.41. The molecule has 0 aromatic carbocycles. The lowest BCUT2D eigenvalue weighted by Crippen LogP contribution is -2.45. The lowest BCUT2D eigenvalue weighted by atomic mass is 9.96. The lowest BCUT2D eigenvalue weighted by Gasteiger charge is -2.30. The fourth-order valence-electron chi connectivity index (χ4n) is 1.93. The van der Waals surface area contributed by atoms with E-state index in [1.807, 2.05) is 6.07 Å². The summed E-state index contributed by atoms with van der Waals surface area (Å²) < 4.78 is 0. The smallest absolute Gasteiger partial charge is 0.146 e. The van der Waals surface area contributed by atoms with E-state index in [0.717, 1.165) is 0 Å². The number of hydrogen-bond acceptors (Lipinski definition) is 4.